The van der Waals surface area contributed by atoms with Gasteiger partial charge in [-0.1, -0.05) is 59.8 Å². The van der Waals surface area contributed by atoms with Crippen molar-refractivity contribution in [3.05, 3.63) is 95.3 Å². The minimum atomic E-state index is -0.0700. The number of nitrogens with zero attached hydrogens (tertiary/aromatic N) is 5. The van der Waals surface area contributed by atoms with Crippen molar-refractivity contribution in [1.82, 2.24) is 24.6 Å². The number of amides is 2. The summed E-state index contributed by atoms with van der Waals surface area (Å²) < 4.78 is 12.9. The lowest BCUT2D eigenvalue weighted by Gasteiger charge is -2.40. The van der Waals surface area contributed by atoms with E-state index in [2.05, 4.69) is 58.1 Å². The summed E-state index contributed by atoms with van der Waals surface area (Å²) in [6, 6.07) is 24.0. The molecule has 6 rings (SSSR count). The molecule has 0 radical (unpaired) electrons. The molecule has 0 N–H and O–H groups in total. The third kappa shape index (κ3) is 6.75. The number of benzene rings is 3. The Balaban J connectivity index is 0.992. The van der Waals surface area contributed by atoms with Gasteiger partial charge in [0.05, 0.1) is 0 Å². The smallest absolute Gasteiger partial charge is 0.254 e. The number of carbonyl (C=O) groups excluding carboxylic acids is 2. The lowest BCUT2D eigenvalue weighted by Crippen LogP contribution is -2.55. The van der Waals surface area contributed by atoms with Crippen molar-refractivity contribution in [2.24, 2.45) is 0 Å². The number of fused-ring (bicyclic) bond motifs is 1. The SMILES string of the molecule is Cc1ccc(-n2c(Cc3ccccc3)nnc2SCCCCC(=O)N2CCN(C(=O)c3ccc4c(c3)OCO4)C(C)C2)cc1. The highest BCUT2D eigenvalue weighted by Crippen LogP contribution is 2.33. The summed E-state index contributed by atoms with van der Waals surface area (Å²) in [6.45, 7) is 5.84. The Morgan fingerprint density at radius 3 is 2.52 bits per heavy atom. The van der Waals surface area contributed by atoms with Crippen LogP contribution in [0.25, 0.3) is 5.69 Å². The largest absolute Gasteiger partial charge is 0.454 e. The van der Waals surface area contributed by atoms with Gasteiger partial charge in [-0.05, 0) is 62.6 Å². The Labute approximate surface area is 262 Å². The van der Waals surface area contributed by atoms with Crippen molar-refractivity contribution in [3.8, 4) is 17.2 Å². The molecule has 1 saturated heterocycles. The third-order valence-electron chi connectivity index (χ3n) is 8.07. The number of thioether (sulfide) groups is 1. The number of carbonyl (C=O) groups is 2. The maximum Gasteiger partial charge on any atom is 0.254 e. The van der Waals surface area contributed by atoms with E-state index in [-0.39, 0.29) is 24.6 Å². The van der Waals surface area contributed by atoms with Crippen LogP contribution in [0.15, 0.2) is 78.0 Å². The van der Waals surface area contributed by atoms with Crippen LogP contribution in [0.3, 0.4) is 0 Å². The molecular weight excluding hydrogens is 574 g/mol. The molecule has 228 valence electrons. The van der Waals surface area contributed by atoms with Gasteiger partial charge in [-0.2, -0.15) is 0 Å². The molecule has 0 bridgehead atoms. The van der Waals surface area contributed by atoms with Gasteiger partial charge in [-0.3, -0.25) is 14.2 Å². The first-order valence-electron chi connectivity index (χ1n) is 15.1. The number of aryl methyl sites for hydroxylation is 1. The Morgan fingerprint density at radius 2 is 1.73 bits per heavy atom. The molecule has 9 nitrogen and oxygen atoms in total. The molecule has 4 aromatic rings. The van der Waals surface area contributed by atoms with Crippen LogP contribution in [0.4, 0.5) is 0 Å². The number of unbranched alkanes of at least 4 members (excludes halogenated alkanes) is 1. The third-order valence-corrected chi connectivity index (χ3v) is 9.09. The Morgan fingerprint density at radius 1 is 0.932 bits per heavy atom. The predicted octanol–water partition coefficient (Wildman–Crippen LogP) is 5.53. The second-order valence-electron chi connectivity index (χ2n) is 11.3. The topological polar surface area (TPSA) is 89.8 Å². The summed E-state index contributed by atoms with van der Waals surface area (Å²) in [6.07, 6.45) is 2.88. The van der Waals surface area contributed by atoms with Crippen LogP contribution in [0.2, 0.25) is 0 Å². The summed E-state index contributed by atoms with van der Waals surface area (Å²) in [5.41, 5.74) is 4.02. The van der Waals surface area contributed by atoms with Crippen LogP contribution in [0.5, 0.6) is 11.5 Å². The van der Waals surface area contributed by atoms with Gasteiger partial charge >= 0.3 is 0 Å². The number of aromatic nitrogens is 3. The van der Waals surface area contributed by atoms with Crippen LogP contribution in [-0.4, -0.2) is 74.6 Å². The molecule has 44 heavy (non-hydrogen) atoms. The number of hydrogen-bond acceptors (Lipinski definition) is 7. The van der Waals surface area contributed by atoms with E-state index in [1.165, 1.54) is 11.1 Å². The van der Waals surface area contributed by atoms with Crippen molar-refractivity contribution in [3.63, 3.8) is 0 Å². The van der Waals surface area contributed by atoms with Crippen molar-refractivity contribution in [2.45, 2.75) is 50.7 Å². The second kappa shape index (κ2) is 13.5. The van der Waals surface area contributed by atoms with E-state index < -0.39 is 0 Å². The lowest BCUT2D eigenvalue weighted by atomic mass is 10.1. The fraction of sp³-hybridized carbons (Fsp3) is 0.353. The maximum atomic E-state index is 13.2. The molecule has 0 saturated carbocycles. The fourth-order valence-electron chi connectivity index (χ4n) is 5.62. The lowest BCUT2D eigenvalue weighted by molar-refractivity contribution is -0.133. The van der Waals surface area contributed by atoms with Gasteiger partial charge in [0, 0.05) is 55.5 Å². The number of rotatable bonds is 10. The monoisotopic (exact) mass is 611 g/mol. The molecule has 0 spiro atoms. The number of piperazine rings is 1. The Bertz CT molecular complexity index is 1610. The van der Waals surface area contributed by atoms with E-state index >= 15 is 0 Å². The molecule has 1 aromatic heterocycles. The summed E-state index contributed by atoms with van der Waals surface area (Å²) in [5, 5.41) is 9.96. The molecule has 1 unspecified atom stereocenters. The first-order chi connectivity index (χ1) is 21.5. The number of hydrogen-bond donors (Lipinski definition) is 0. The van der Waals surface area contributed by atoms with Crippen molar-refractivity contribution in [1.29, 1.82) is 0 Å². The Hall–Kier alpha value is -4.31. The number of ether oxygens (including phenoxy) is 2. The van der Waals surface area contributed by atoms with Crippen molar-refractivity contribution < 1.29 is 19.1 Å². The molecule has 2 amide bonds. The van der Waals surface area contributed by atoms with E-state index in [0.29, 0.717) is 49.5 Å². The highest BCUT2D eigenvalue weighted by molar-refractivity contribution is 7.99. The van der Waals surface area contributed by atoms with E-state index in [0.717, 1.165) is 35.3 Å². The molecule has 2 aliphatic rings. The van der Waals surface area contributed by atoms with Gasteiger partial charge in [0.25, 0.3) is 5.91 Å². The zero-order valence-electron chi connectivity index (χ0n) is 25.1. The van der Waals surface area contributed by atoms with Gasteiger partial charge in [-0.25, -0.2) is 0 Å². The second-order valence-corrected chi connectivity index (χ2v) is 12.4. The predicted molar refractivity (Wildman–Crippen MR) is 170 cm³/mol. The first-order valence-corrected chi connectivity index (χ1v) is 16.1. The van der Waals surface area contributed by atoms with Crippen LogP contribution in [0.1, 0.15) is 53.5 Å². The molecule has 3 aromatic carbocycles. The average molecular weight is 612 g/mol. The van der Waals surface area contributed by atoms with E-state index in [1.54, 1.807) is 30.0 Å². The average Bonchev–Trinajstić information content (AvgIpc) is 3.68. The van der Waals surface area contributed by atoms with Crippen LogP contribution in [-0.2, 0) is 11.2 Å². The fourth-order valence-corrected chi connectivity index (χ4v) is 6.59. The van der Waals surface area contributed by atoms with Crippen molar-refractivity contribution in [2.75, 3.05) is 32.2 Å². The maximum absolute atomic E-state index is 13.2. The summed E-state index contributed by atoms with van der Waals surface area (Å²) in [5.74, 6) is 3.10. The standard InChI is InChI=1S/C34H37N5O4S/c1-24-11-14-28(15-12-24)39-31(20-26-8-4-3-5-9-26)35-36-34(39)44-19-7-6-10-32(40)37-17-18-38(25(2)22-37)33(41)27-13-16-29-30(21-27)43-23-42-29/h3-5,8-9,11-16,21,25H,6-7,10,17-20,22-23H2,1-2H3. The van der Waals surface area contributed by atoms with E-state index in [1.807, 2.05) is 34.9 Å². The van der Waals surface area contributed by atoms with Gasteiger partial charge in [0.2, 0.25) is 12.7 Å². The minimum absolute atomic E-state index is 0.0506. The zero-order valence-corrected chi connectivity index (χ0v) is 26.0. The quantitative estimate of drug-likeness (QED) is 0.172. The van der Waals surface area contributed by atoms with Gasteiger partial charge in [-0.15, -0.1) is 10.2 Å². The van der Waals surface area contributed by atoms with Gasteiger partial charge in [0.15, 0.2) is 16.7 Å². The zero-order chi connectivity index (χ0) is 30.5. The highest BCUT2D eigenvalue weighted by atomic mass is 32.2. The summed E-state index contributed by atoms with van der Waals surface area (Å²) in [4.78, 5) is 30.0. The van der Waals surface area contributed by atoms with Crippen LogP contribution >= 0.6 is 11.8 Å². The summed E-state index contributed by atoms with van der Waals surface area (Å²) >= 11 is 1.68. The molecule has 3 heterocycles. The normalized spacial score (nSPS) is 15.9. The molecular formula is C34H37N5O4S. The van der Waals surface area contributed by atoms with E-state index in [9.17, 15) is 9.59 Å². The van der Waals surface area contributed by atoms with Crippen LogP contribution in [0, 0.1) is 6.92 Å². The summed E-state index contributed by atoms with van der Waals surface area (Å²) in [7, 11) is 0. The minimum Gasteiger partial charge on any atom is -0.454 e. The molecule has 1 fully saturated rings. The van der Waals surface area contributed by atoms with Gasteiger partial charge in [0.1, 0.15) is 5.82 Å². The van der Waals surface area contributed by atoms with Gasteiger partial charge < -0.3 is 19.3 Å². The Kier molecular flexibility index (Phi) is 9.16. The molecule has 1 atom stereocenters. The molecule has 10 heteroatoms. The van der Waals surface area contributed by atoms with Crippen LogP contribution < -0.4 is 9.47 Å². The molecule has 0 aliphatic carbocycles. The van der Waals surface area contributed by atoms with E-state index in [4.69, 9.17) is 9.47 Å². The molecule has 2 aliphatic heterocycles. The first kappa shape index (κ1) is 29.7. The highest BCUT2D eigenvalue weighted by Gasteiger charge is 2.31. The van der Waals surface area contributed by atoms with Crippen molar-refractivity contribution >= 4 is 23.6 Å².